The van der Waals surface area contributed by atoms with E-state index < -0.39 is 42.1 Å². The summed E-state index contributed by atoms with van der Waals surface area (Å²) in [6.45, 7) is 0.305. The van der Waals surface area contributed by atoms with Crippen LogP contribution in [0, 0.1) is 0 Å². The molecule has 6 atom stereocenters. The van der Waals surface area contributed by atoms with Crippen molar-refractivity contribution in [3.8, 4) is 0 Å². The third-order valence-corrected chi connectivity index (χ3v) is 3.14. The van der Waals surface area contributed by atoms with Crippen LogP contribution in [0.25, 0.3) is 0 Å². The lowest BCUT2D eigenvalue weighted by molar-refractivity contribution is -0.368. The molecular formula is C8H16NO7P. The molecule has 0 bridgehead atoms. The van der Waals surface area contributed by atoms with Crippen molar-refractivity contribution in [3.63, 3.8) is 0 Å². The van der Waals surface area contributed by atoms with E-state index in [0.29, 0.717) is 0 Å². The summed E-state index contributed by atoms with van der Waals surface area (Å²) >= 11 is 0. The first-order valence-corrected chi connectivity index (χ1v) is 5.39. The first-order valence-electron chi connectivity index (χ1n) is 4.81. The summed E-state index contributed by atoms with van der Waals surface area (Å²) in [6, 6.07) is 0. The van der Waals surface area contributed by atoms with Crippen molar-refractivity contribution in [1.29, 1.82) is 0 Å². The van der Waals surface area contributed by atoms with Crippen molar-refractivity contribution in [2.24, 2.45) is 0 Å². The van der Waals surface area contributed by atoms with E-state index in [0.717, 1.165) is 6.92 Å². The maximum Gasteiger partial charge on any atom is 0.280 e. The SMILES string of the molecule is CC(=O)NC1(O)O[C@@](P)(CO)[C@@H](O)[C@@H](O)[C@H]1O. The predicted octanol–water partition coefficient (Wildman–Crippen LogP) is -3.55. The van der Waals surface area contributed by atoms with Crippen molar-refractivity contribution in [2.75, 3.05) is 6.61 Å². The molecule has 0 radical (unpaired) electrons. The standard InChI is InChI=1S/C8H16NO7P/c1-3(11)9-8(15)6(14)4(12)5(13)7(17,2-10)16-8/h4-6,10,12-15H,2,17H2,1H3,(H,9,11)/t4-,5+,6-,7-,8?/m1/s1. The van der Waals surface area contributed by atoms with Gasteiger partial charge < -0.3 is 35.6 Å². The van der Waals surface area contributed by atoms with Gasteiger partial charge >= 0.3 is 0 Å². The molecule has 6 N–H and O–H groups in total. The van der Waals surface area contributed by atoms with Crippen LogP contribution in [-0.2, 0) is 9.53 Å². The third-order valence-electron chi connectivity index (χ3n) is 2.50. The van der Waals surface area contributed by atoms with Crippen LogP contribution in [0.4, 0.5) is 0 Å². The van der Waals surface area contributed by atoms with Crippen LogP contribution >= 0.6 is 9.24 Å². The number of hydrogen-bond acceptors (Lipinski definition) is 7. The summed E-state index contributed by atoms with van der Waals surface area (Å²) in [5.41, 5.74) is 0. The fourth-order valence-electron chi connectivity index (χ4n) is 1.58. The molecule has 17 heavy (non-hydrogen) atoms. The molecule has 1 amide bonds. The van der Waals surface area contributed by atoms with Gasteiger partial charge in [0.1, 0.15) is 17.6 Å². The first kappa shape index (κ1) is 14.7. The Hall–Kier alpha value is -0.340. The van der Waals surface area contributed by atoms with Gasteiger partial charge in [0.15, 0.2) is 6.10 Å². The number of aliphatic hydroxyl groups is 5. The highest BCUT2D eigenvalue weighted by Crippen LogP contribution is 2.37. The molecule has 8 nitrogen and oxygen atoms in total. The average molecular weight is 269 g/mol. The Morgan fingerprint density at radius 1 is 1.41 bits per heavy atom. The Balaban J connectivity index is 3.04. The van der Waals surface area contributed by atoms with Crippen molar-refractivity contribution in [1.82, 2.24) is 5.32 Å². The molecule has 0 spiro atoms. The molecule has 0 aliphatic carbocycles. The normalized spacial score (nSPS) is 46.6. The summed E-state index contributed by atoms with van der Waals surface area (Å²) < 4.78 is 4.89. The minimum atomic E-state index is -2.59. The van der Waals surface area contributed by atoms with Crippen molar-refractivity contribution < 1.29 is 35.1 Å². The molecule has 1 aliphatic rings. The van der Waals surface area contributed by atoms with E-state index in [-0.39, 0.29) is 0 Å². The fourth-order valence-corrected chi connectivity index (χ4v) is 1.96. The number of amides is 1. The minimum Gasteiger partial charge on any atom is -0.393 e. The molecule has 100 valence electrons. The van der Waals surface area contributed by atoms with E-state index in [1.165, 1.54) is 0 Å². The molecule has 0 aromatic heterocycles. The smallest absolute Gasteiger partial charge is 0.280 e. The molecular weight excluding hydrogens is 253 g/mol. The number of ether oxygens (including phenoxy) is 1. The quantitative estimate of drug-likeness (QED) is 0.225. The molecule has 0 saturated carbocycles. The van der Waals surface area contributed by atoms with E-state index in [9.17, 15) is 25.2 Å². The van der Waals surface area contributed by atoms with Crippen LogP contribution in [0.1, 0.15) is 6.92 Å². The number of carbonyl (C=O) groups is 1. The highest BCUT2D eigenvalue weighted by atomic mass is 31.0. The zero-order valence-corrected chi connectivity index (χ0v) is 10.2. The van der Waals surface area contributed by atoms with Crippen LogP contribution in [0.5, 0.6) is 0 Å². The van der Waals surface area contributed by atoms with Crippen LogP contribution < -0.4 is 5.32 Å². The number of carbonyl (C=O) groups excluding carboxylic acids is 1. The van der Waals surface area contributed by atoms with Crippen LogP contribution in [0.2, 0.25) is 0 Å². The van der Waals surface area contributed by atoms with Gasteiger partial charge in [0.2, 0.25) is 5.91 Å². The van der Waals surface area contributed by atoms with Gasteiger partial charge in [-0.2, -0.15) is 0 Å². The average Bonchev–Trinajstić information content (AvgIpc) is 2.23. The lowest BCUT2D eigenvalue weighted by Gasteiger charge is -2.49. The summed E-state index contributed by atoms with van der Waals surface area (Å²) in [4.78, 5) is 10.9. The Morgan fingerprint density at radius 2 is 1.94 bits per heavy atom. The lowest BCUT2D eigenvalue weighted by Crippen LogP contribution is -2.73. The number of aliphatic hydroxyl groups excluding tert-OH is 4. The van der Waals surface area contributed by atoms with Gasteiger partial charge in [-0.1, -0.05) is 9.24 Å². The second kappa shape index (κ2) is 4.74. The van der Waals surface area contributed by atoms with Gasteiger partial charge in [0.05, 0.1) is 6.61 Å². The molecule has 1 rings (SSSR count). The third kappa shape index (κ3) is 2.58. The topological polar surface area (TPSA) is 139 Å². The van der Waals surface area contributed by atoms with E-state index in [2.05, 4.69) is 0 Å². The zero-order chi connectivity index (χ0) is 13.4. The second-order valence-corrected chi connectivity index (χ2v) is 4.95. The summed E-state index contributed by atoms with van der Waals surface area (Å²) in [5, 5.41) is 47.7. The van der Waals surface area contributed by atoms with Crippen molar-refractivity contribution >= 4 is 15.1 Å². The Morgan fingerprint density at radius 3 is 2.35 bits per heavy atom. The minimum absolute atomic E-state index is 0.722. The highest BCUT2D eigenvalue weighted by Gasteiger charge is 2.58. The molecule has 1 heterocycles. The number of hydrogen-bond donors (Lipinski definition) is 6. The number of rotatable bonds is 2. The highest BCUT2D eigenvalue weighted by molar-refractivity contribution is 7.18. The Kier molecular flexibility index (Phi) is 4.10. The maximum absolute atomic E-state index is 10.9. The van der Waals surface area contributed by atoms with Crippen LogP contribution in [0.15, 0.2) is 0 Å². The van der Waals surface area contributed by atoms with Crippen molar-refractivity contribution in [3.05, 3.63) is 0 Å². The van der Waals surface area contributed by atoms with Gasteiger partial charge in [-0.3, -0.25) is 4.79 Å². The van der Waals surface area contributed by atoms with Gasteiger partial charge in [-0.05, 0) is 0 Å². The predicted molar refractivity (Wildman–Crippen MR) is 57.4 cm³/mol. The van der Waals surface area contributed by atoms with E-state index >= 15 is 0 Å². The Bertz CT molecular complexity index is 316. The monoisotopic (exact) mass is 269 g/mol. The van der Waals surface area contributed by atoms with E-state index in [1.54, 1.807) is 0 Å². The fraction of sp³-hybridized carbons (Fsp3) is 0.875. The van der Waals surface area contributed by atoms with Gasteiger partial charge in [-0.15, -0.1) is 0 Å². The van der Waals surface area contributed by atoms with Gasteiger partial charge in [0.25, 0.3) is 5.91 Å². The van der Waals surface area contributed by atoms with Crippen LogP contribution in [-0.4, -0.2) is 67.6 Å². The number of nitrogens with one attached hydrogen (secondary N) is 1. The van der Waals surface area contributed by atoms with E-state index in [1.807, 2.05) is 14.6 Å². The summed E-state index contributed by atoms with van der Waals surface area (Å²) in [5.74, 6) is -3.31. The zero-order valence-electron chi connectivity index (χ0n) is 9.07. The van der Waals surface area contributed by atoms with Gasteiger partial charge in [-0.25, -0.2) is 0 Å². The molecule has 0 aromatic rings. The first-order chi connectivity index (χ1) is 7.66. The molecule has 9 heteroatoms. The van der Waals surface area contributed by atoms with E-state index in [4.69, 9.17) is 9.84 Å². The van der Waals surface area contributed by atoms with Crippen LogP contribution in [0.3, 0.4) is 0 Å². The van der Waals surface area contributed by atoms with Gasteiger partial charge in [0, 0.05) is 6.92 Å². The molecule has 0 aromatic carbocycles. The Labute approximate surface area is 99.4 Å². The molecule has 2 unspecified atom stereocenters. The summed E-state index contributed by atoms with van der Waals surface area (Å²) in [6.07, 6.45) is -5.41. The summed E-state index contributed by atoms with van der Waals surface area (Å²) in [7, 11) is 1.92. The maximum atomic E-state index is 10.9. The molecule has 1 aliphatic heterocycles. The molecule has 1 saturated heterocycles. The van der Waals surface area contributed by atoms with Crippen molar-refractivity contribution in [2.45, 2.75) is 36.5 Å². The largest absolute Gasteiger partial charge is 0.393 e. The second-order valence-electron chi connectivity index (χ2n) is 3.97. The molecule has 1 fully saturated rings. The lowest BCUT2D eigenvalue weighted by atomic mass is 9.96.